The van der Waals surface area contributed by atoms with Crippen molar-refractivity contribution in [2.75, 3.05) is 5.32 Å². The van der Waals surface area contributed by atoms with Gasteiger partial charge >= 0.3 is 0 Å². The molecule has 0 bridgehead atoms. The maximum atomic E-state index is 8.89. The van der Waals surface area contributed by atoms with Crippen LogP contribution in [0.5, 0.6) is 0 Å². The number of anilines is 2. The highest BCUT2D eigenvalue weighted by molar-refractivity contribution is 5.63. The second kappa shape index (κ2) is 4.36. The number of rotatable bonds is 2. The van der Waals surface area contributed by atoms with Gasteiger partial charge in [0.25, 0.3) is 0 Å². The summed E-state index contributed by atoms with van der Waals surface area (Å²) in [6.45, 7) is 1.95. The van der Waals surface area contributed by atoms with E-state index in [9.17, 15) is 0 Å². The monoisotopic (exact) mass is 211 g/mol. The Hall–Kier alpha value is -2.48. The van der Waals surface area contributed by atoms with E-state index < -0.39 is 0 Å². The van der Waals surface area contributed by atoms with Crippen molar-refractivity contribution in [2.24, 2.45) is 0 Å². The molecule has 0 aliphatic heterocycles. The molecule has 5 heteroatoms. The number of aromatic nitrogens is 3. The highest BCUT2D eigenvalue weighted by Crippen LogP contribution is 2.19. The molecule has 0 unspecified atom stereocenters. The number of hydrogen-bond donors (Lipinski definition) is 1. The van der Waals surface area contributed by atoms with Crippen LogP contribution in [0.25, 0.3) is 0 Å². The molecule has 1 N–H and O–H groups in total. The molecule has 2 aromatic rings. The molecular formula is C11H9N5. The van der Waals surface area contributed by atoms with Gasteiger partial charge < -0.3 is 5.32 Å². The minimum atomic E-state index is 0.445. The summed E-state index contributed by atoms with van der Waals surface area (Å²) in [5.74, 6) is 0.445. The van der Waals surface area contributed by atoms with Crippen molar-refractivity contribution in [3.05, 3.63) is 41.9 Å². The molecule has 2 aromatic heterocycles. The Morgan fingerprint density at radius 1 is 1.31 bits per heavy atom. The summed E-state index contributed by atoms with van der Waals surface area (Å²) in [6.07, 6.45) is 4.88. The normalized spacial score (nSPS) is 9.50. The van der Waals surface area contributed by atoms with Crippen molar-refractivity contribution in [1.82, 2.24) is 15.2 Å². The van der Waals surface area contributed by atoms with Crippen LogP contribution in [0.4, 0.5) is 11.5 Å². The lowest BCUT2D eigenvalue weighted by Gasteiger charge is -2.07. The van der Waals surface area contributed by atoms with Gasteiger partial charge in [-0.25, -0.2) is 0 Å². The lowest BCUT2D eigenvalue weighted by Crippen LogP contribution is -2.00. The van der Waals surface area contributed by atoms with Crippen LogP contribution >= 0.6 is 0 Å². The summed E-state index contributed by atoms with van der Waals surface area (Å²) >= 11 is 0. The number of nitrogens with zero attached hydrogens (tertiary/aromatic N) is 4. The first-order valence-corrected chi connectivity index (χ1v) is 4.70. The molecule has 0 atom stereocenters. The number of pyridine rings is 1. The lowest BCUT2D eigenvalue weighted by atomic mass is 10.2. The van der Waals surface area contributed by atoms with Crippen LogP contribution in [0.15, 0.2) is 30.7 Å². The van der Waals surface area contributed by atoms with Crippen molar-refractivity contribution in [3.8, 4) is 6.07 Å². The molecule has 0 spiro atoms. The summed E-state index contributed by atoms with van der Waals surface area (Å²) in [5, 5.41) is 19.5. The quantitative estimate of drug-likeness (QED) is 0.819. The predicted molar refractivity (Wildman–Crippen MR) is 59.0 cm³/mol. The molecule has 78 valence electrons. The smallest absolute Gasteiger partial charge is 0.171 e. The van der Waals surface area contributed by atoms with E-state index in [0.29, 0.717) is 11.4 Å². The molecule has 0 aliphatic carbocycles. The average Bonchev–Trinajstić information content (AvgIpc) is 2.33. The third kappa shape index (κ3) is 1.96. The van der Waals surface area contributed by atoms with Gasteiger partial charge in [-0.2, -0.15) is 10.4 Å². The summed E-state index contributed by atoms with van der Waals surface area (Å²) in [7, 11) is 0. The van der Waals surface area contributed by atoms with Gasteiger partial charge in [0.1, 0.15) is 6.07 Å². The Labute approximate surface area is 92.8 Å². The fraction of sp³-hybridized carbons (Fsp3) is 0.0909. The average molecular weight is 211 g/mol. The summed E-state index contributed by atoms with van der Waals surface area (Å²) in [4.78, 5) is 4.00. The number of hydrogen-bond acceptors (Lipinski definition) is 5. The molecule has 0 saturated carbocycles. The van der Waals surface area contributed by atoms with Crippen molar-refractivity contribution in [2.45, 2.75) is 6.92 Å². The van der Waals surface area contributed by atoms with Gasteiger partial charge in [0, 0.05) is 6.20 Å². The van der Waals surface area contributed by atoms with Gasteiger partial charge in [0.05, 0.1) is 23.6 Å². The Morgan fingerprint density at radius 2 is 2.19 bits per heavy atom. The third-order valence-corrected chi connectivity index (χ3v) is 2.13. The zero-order valence-corrected chi connectivity index (χ0v) is 8.68. The third-order valence-electron chi connectivity index (χ3n) is 2.13. The Balaban J connectivity index is 2.35. The van der Waals surface area contributed by atoms with Crippen molar-refractivity contribution < 1.29 is 0 Å². The number of nitriles is 1. The molecule has 0 fully saturated rings. The Morgan fingerprint density at radius 3 is 2.94 bits per heavy atom. The molecule has 2 heterocycles. The van der Waals surface area contributed by atoms with Gasteiger partial charge in [0.2, 0.25) is 0 Å². The van der Waals surface area contributed by atoms with Crippen molar-refractivity contribution in [3.63, 3.8) is 0 Å². The summed E-state index contributed by atoms with van der Waals surface area (Å²) in [5.41, 5.74) is 2.31. The maximum absolute atomic E-state index is 8.89. The lowest BCUT2D eigenvalue weighted by molar-refractivity contribution is 1.03. The predicted octanol–water partition coefficient (Wildman–Crippen LogP) is 1.80. The highest BCUT2D eigenvalue weighted by Gasteiger charge is 2.05. The zero-order valence-electron chi connectivity index (χ0n) is 8.68. The number of aryl methyl sites for hydroxylation is 1. The van der Waals surface area contributed by atoms with Crippen LogP contribution in [0.3, 0.4) is 0 Å². The fourth-order valence-corrected chi connectivity index (χ4v) is 1.24. The summed E-state index contributed by atoms with van der Waals surface area (Å²) in [6, 6.07) is 5.54. The summed E-state index contributed by atoms with van der Waals surface area (Å²) < 4.78 is 0. The Kier molecular flexibility index (Phi) is 2.74. The SMILES string of the molecule is Cc1ccncc1Nc1nnccc1C#N. The van der Waals surface area contributed by atoms with E-state index >= 15 is 0 Å². The molecular weight excluding hydrogens is 202 g/mol. The Bertz CT molecular complexity index is 544. The van der Waals surface area contributed by atoms with E-state index in [1.165, 1.54) is 6.20 Å². The molecule has 5 nitrogen and oxygen atoms in total. The molecule has 0 saturated heterocycles. The topological polar surface area (TPSA) is 74.5 Å². The second-order valence-corrected chi connectivity index (χ2v) is 3.22. The molecule has 16 heavy (non-hydrogen) atoms. The second-order valence-electron chi connectivity index (χ2n) is 3.22. The molecule has 0 amide bonds. The largest absolute Gasteiger partial charge is 0.336 e. The minimum Gasteiger partial charge on any atom is -0.336 e. The first-order chi connectivity index (χ1) is 7.81. The molecule has 2 rings (SSSR count). The first kappa shape index (κ1) is 10.1. The van der Waals surface area contributed by atoms with E-state index in [1.54, 1.807) is 18.5 Å². The molecule has 0 radical (unpaired) electrons. The van der Waals surface area contributed by atoms with Gasteiger partial charge in [-0.05, 0) is 24.6 Å². The van der Waals surface area contributed by atoms with Crippen LogP contribution in [0.2, 0.25) is 0 Å². The van der Waals surface area contributed by atoms with Crippen molar-refractivity contribution >= 4 is 11.5 Å². The minimum absolute atomic E-state index is 0.445. The van der Waals surface area contributed by atoms with E-state index in [0.717, 1.165) is 11.3 Å². The van der Waals surface area contributed by atoms with Crippen LogP contribution in [0.1, 0.15) is 11.1 Å². The highest BCUT2D eigenvalue weighted by atomic mass is 15.2. The molecule has 0 aliphatic rings. The van der Waals surface area contributed by atoms with Gasteiger partial charge in [-0.15, -0.1) is 5.10 Å². The van der Waals surface area contributed by atoms with Crippen LogP contribution in [0, 0.1) is 18.3 Å². The van der Waals surface area contributed by atoms with E-state index in [1.807, 2.05) is 19.1 Å². The van der Waals surface area contributed by atoms with Gasteiger partial charge in [0.15, 0.2) is 5.82 Å². The van der Waals surface area contributed by atoms with Gasteiger partial charge in [-0.3, -0.25) is 4.98 Å². The maximum Gasteiger partial charge on any atom is 0.171 e. The van der Waals surface area contributed by atoms with E-state index in [2.05, 4.69) is 20.5 Å². The number of nitrogens with one attached hydrogen (secondary N) is 1. The standard InChI is InChI=1S/C11H9N5/c1-8-2-4-13-7-10(8)15-11-9(6-12)3-5-14-16-11/h2-5,7H,1H3,(H,15,16). The zero-order chi connectivity index (χ0) is 11.4. The van der Waals surface area contributed by atoms with Crippen LogP contribution < -0.4 is 5.32 Å². The van der Waals surface area contributed by atoms with Crippen LogP contribution in [-0.2, 0) is 0 Å². The van der Waals surface area contributed by atoms with Gasteiger partial charge in [-0.1, -0.05) is 0 Å². The van der Waals surface area contributed by atoms with Crippen LogP contribution in [-0.4, -0.2) is 15.2 Å². The first-order valence-electron chi connectivity index (χ1n) is 4.70. The van der Waals surface area contributed by atoms with Crippen molar-refractivity contribution in [1.29, 1.82) is 5.26 Å². The molecule has 0 aromatic carbocycles. The van der Waals surface area contributed by atoms with E-state index in [-0.39, 0.29) is 0 Å². The van der Waals surface area contributed by atoms with E-state index in [4.69, 9.17) is 5.26 Å². The fourth-order valence-electron chi connectivity index (χ4n) is 1.24.